The largest absolute Gasteiger partial charge is 0.336 e. The van der Waals surface area contributed by atoms with E-state index < -0.39 is 0 Å². The number of rotatable bonds is 6. The van der Waals surface area contributed by atoms with E-state index >= 15 is 0 Å². The highest BCUT2D eigenvalue weighted by atomic mass is 19.1. The van der Waals surface area contributed by atoms with E-state index in [1.807, 2.05) is 25.1 Å². The van der Waals surface area contributed by atoms with Gasteiger partial charge in [-0.25, -0.2) is 9.18 Å². The lowest BCUT2D eigenvalue weighted by molar-refractivity contribution is 0.203. The summed E-state index contributed by atoms with van der Waals surface area (Å²) in [6.45, 7) is 2.46. The highest BCUT2D eigenvalue weighted by Crippen LogP contribution is 2.07. The molecule has 3 nitrogen and oxygen atoms in total. The van der Waals surface area contributed by atoms with Crippen LogP contribution in [0.5, 0.6) is 0 Å². The third kappa shape index (κ3) is 5.74. The molecule has 0 bridgehead atoms. The summed E-state index contributed by atoms with van der Waals surface area (Å²) in [4.78, 5) is 13.8. The van der Waals surface area contributed by atoms with Crippen molar-refractivity contribution in [3.63, 3.8) is 0 Å². The second-order valence-electron chi connectivity index (χ2n) is 5.86. The van der Waals surface area contributed by atoms with E-state index in [-0.39, 0.29) is 17.9 Å². The maximum absolute atomic E-state index is 12.9. The number of halogens is 1. The second kappa shape index (κ2) is 8.32. The van der Waals surface area contributed by atoms with Gasteiger partial charge in [0.25, 0.3) is 0 Å². The zero-order valence-electron chi connectivity index (χ0n) is 13.6. The van der Waals surface area contributed by atoms with Crippen molar-refractivity contribution in [2.24, 2.45) is 0 Å². The molecule has 1 atom stereocenters. The van der Waals surface area contributed by atoms with Gasteiger partial charge >= 0.3 is 6.03 Å². The molecule has 0 radical (unpaired) electrons. The molecular weight excluding hydrogens is 291 g/mol. The molecular formula is C19H23FN2O. The molecule has 0 fully saturated rings. The second-order valence-corrected chi connectivity index (χ2v) is 5.86. The molecule has 122 valence electrons. The van der Waals surface area contributed by atoms with Gasteiger partial charge in [0.2, 0.25) is 0 Å². The van der Waals surface area contributed by atoms with Crippen molar-refractivity contribution >= 4 is 6.03 Å². The van der Waals surface area contributed by atoms with Crippen molar-refractivity contribution in [2.75, 3.05) is 7.05 Å². The standard InChI is InChI=1S/C19H23FN2O/c1-15(8-9-16-6-4-3-5-7-16)21-19(23)22(2)14-17-10-12-18(20)13-11-17/h3-7,10-13,15H,8-9,14H2,1-2H3,(H,21,23). The van der Waals surface area contributed by atoms with E-state index in [1.165, 1.54) is 17.7 Å². The van der Waals surface area contributed by atoms with Crippen molar-refractivity contribution < 1.29 is 9.18 Å². The first-order valence-corrected chi connectivity index (χ1v) is 7.84. The summed E-state index contributed by atoms with van der Waals surface area (Å²) in [6.07, 6.45) is 1.82. The van der Waals surface area contributed by atoms with E-state index in [4.69, 9.17) is 0 Å². The Labute approximate surface area is 137 Å². The third-order valence-corrected chi connectivity index (χ3v) is 3.76. The Bertz CT molecular complexity index is 613. The average molecular weight is 314 g/mol. The monoisotopic (exact) mass is 314 g/mol. The van der Waals surface area contributed by atoms with E-state index in [9.17, 15) is 9.18 Å². The summed E-state index contributed by atoms with van der Waals surface area (Å²) in [5.74, 6) is -0.268. The van der Waals surface area contributed by atoms with E-state index in [2.05, 4.69) is 17.4 Å². The first-order valence-electron chi connectivity index (χ1n) is 7.84. The van der Waals surface area contributed by atoms with Gasteiger partial charge in [-0.1, -0.05) is 42.5 Å². The number of hydrogen-bond donors (Lipinski definition) is 1. The number of carbonyl (C=O) groups excluding carboxylic acids is 1. The first kappa shape index (κ1) is 17.0. The van der Waals surface area contributed by atoms with Gasteiger partial charge < -0.3 is 10.2 Å². The number of urea groups is 1. The zero-order valence-corrected chi connectivity index (χ0v) is 13.6. The summed E-state index contributed by atoms with van der Waals surface area (Å²) in [6, 6.07) is 16.4. The Balaban J connectivity index is 1.77. The molecule has 1 N–H and O–H groups in total. The fraction of sp³-hybridized carbons (Fsp3) is 0.316. The molecule has 0 aliphatic carbocycles. The SMILES string of the molecule is CC(CCc1ccccc1)NC(=O)N(C)Cc1ccc(F)cc1. The highest BCUT2D eigenvalue weighted by Gasteiger charge is 2.12. The van der Waals surface area contributed by atoms with Crippen LogP contribution in [0, 0.1) is 5.82 Å². The Morgan fingerprint density at radius 1 is 1.09 bits per heavy atom. The Kier molecular flexibility index (Phi) is 6.15. The van der Waals surface area contributed by atoms with Gasteiger partial charge in [0.05, 0.1) is 0 Å². The van der Waals surface area contributed by atoms with Crippen molar-refractivity contribution in [1.82, 2.24) is 10.2 Å². The molecule has 0 aromatic heterocycles. The molecule has 2 rings (SSSR count). The molecule has 23 heavy (non-hydrogen) atoms. The number of amides is 2. The van der Waals surface area contributed by atoms with Gasteiger partial charge in [-0.2, -0.15) is 0 Å². The summed E-state index contributed by atoms with van der Waals surface area (Å²) >= 11 is 0. The van der Waals surface area contributed by atoms with Gasteiger partial charge in [-0.15, -0.1) is 0 Å². The van der Waals surface area contributed by atoms with Gasteiger partial charge in [0, 0.05) is 19.6 Å². The van der Waals surface area contributed by atoms with E-state index in [1.54, 1.807) is 24.1 Å². The van der Waals surface area contributed by atoms with Gasteiger partial charge in [-0.3, -0.25) is 0 Å². The maximum atomic E-state index is 12.9. The lowest BCUT2D eigenvalue weighted by atomic mass is 10.1. The number of nitrogens with zero attached hydrogens (tertiary/aromatic N) is 1. The van der Waals surface area contributed by atoms with Crippen LogP contribution in [0.4, 0.5) is 9.18 Å². The summed E-state index contributed by atoms with van der Waals surface area (Å²) in [7, 11) is 1.74. The number of nitrogens with one attached hydrogen (secondary N) is 1. The molecule has 0 aliphatic heterocycles. The van der Waals surface area contributed by atoms with Crippen molar-refractivity contribution in [1.29, 1.82) is 0 Å². The molecule has 0 saturated carbocycles. The van der Waals surface area contributed by atoms with Crippen LogP contribution >= 0.6 is 0 Å². The summed E-state index contributed by atoms with van der Waals surface area (Å²) in [5.41, 5.74) is 2.18. The Morgan fingerprint density at radius 2 is 1.74 bits per heavy atom. The van der Waals surface area contributed by atoms with Gasteiger partial charge in [0.15, 0.2) is 0 Å². The molecule has 2 amide bonds. The molecule has 4 heteroatoms. The lowest BCUT2D eigenvalue weighted by Crippen LogP contribution is -2.41. The lowest BCUT2D eigenvalue weighted by Gasteiger charge is -2.21. The predicted molar refractivity (Wildman–Crippen MR) is 90.6 cm³/mol. The Hall–Kier alpha value is -2.36. The third-order valence-electron chi connectivity index (χ3n) is 3.76. The molecule has 0 aliphatic rings. The van der Waals surface area contributed by atoms with Gasteiger partial charge in [0.1, 0.15) is 5.82 Å². The molecule has 0 spiro atoms. The van der Waals surface area contributed by atoms with Crippen LogP contribution in [-0.4, -0.2) is 24.0 Å². The van der Waals surface area contributed by atoms with Crippen molar-refractivity contribution in [3.05, 3.63) is 71.5 Å². The van der Waals surface area contributed by atoms with Crippen LogP contribution in [0.1, 0.15) is 24.5 Å². The number of benzene rings is 2. The zero-order chi connectivity index (χ0) is 16.7. The fourth-order valence-corrected chi connectivity index (χ4v) is 2.36. The normalized spacial score (nSPS) is 11.8. The van der Waals surface area contributed by atoms with E-state index in [0.717, 1.165) is 18.4 Å². The Morgan fingerprint density at radius 3 is 2.39 bits per heavy atom. The van der Waals surface area contributed by atoms with Crippen LogP contribution in [0.2, 0.25) is 0 Å². The minimum atomic E-state index is -0.268. The van der Waals surface area contributed by atoms with Crippen LogP contribution in [-0.2, 0) is 13.0 Å². The molecule has 2 aromatic rings. The van der Waals surface area contributed by atoms with Crippen LogP contribution < -0.4 is 5.32 Å². The minimum Gasteiger partial charge on any atom is -0.336 e. The summed E-state index contributed by atoms with van der Waals surface area (Å²) < 4.78 is 12.9. The number of hydrogen-bond acceptors (Lipinski definition) is 1. The maximum Gasteiger partial charge on any atom is 0.317 e. The molecule has 2 aromatic carbocycles. The van der Waals surface area contributed by atoms with Crippen LogP contribution in [0.15, 0.2) is 54.6 Å². The number of carbonyl (C=O) groups is 1. The molecule has 1 unspecified atom stereocenters. The van der Waals surface area contributed by atoms with E-state index in [0.29, 0.717) is 6.54 Å². The molecule has 0 saturated heterocycles. The van der Waals surface area contributed by atoms with Crippen LogP contribution in [0.25, 0.3) is 0 Å². The highest BCUT2D eigenvalue weighted by molar-refractivity contribution is 5.74. The van der Waals surface area contributed by atoms with Crippen LogP contribution in [0.3, 0.4) is 0 Å². The predicted octanol–water partition coefficient (Wildman–Crippen LogP) is 3.99. The van der Waals surface area contributed by atoms with Gasteiger partial charge in [-0.05, 0) is 43.0 Å². The van der Waals surface area contributed by atoms with Crippen molar-refractivity contribution in [3.8, 4) is 0 Å². The fourth-order valence-electron chi connectivity index (χ4n) is 2.36. The average Bonchev–Trinajstić information content (AvgIpc) is 2.56. The number of aryl methyl sites for hydroxylation is 1. The van der Waals surface area contributed by atoms with Crippen molar-refractivity contribution in [2.45, 2.75) is 32.4 Å². The first-order chi connectivity index (χ1) is 11.0. The minimum absolute atomic E-state index is 0.0957. The smallest absolute Gasteiger partial charge is 0.317 e. The molecule has 0 heterocycles. The summed E-state index contributed by atoms with van der Waals surface area (Å²) in [5, 5.41) is 2.99. The quantitative estimate of drug-likeness (QED) is 0.859. The topological polar surface area (TPSA) is 32.3 Å².